The van der Waals surface area contributed by atoms with Crippen molar-refractivity contribution in [3.05, 3.63) is 84.2 Å². The lowest BCUT2D eigenvalue weighted by molar-refractivity contribution is -0.144. The first-order valence-corrected chi connectivity index (χ1v) is 14.2. The van der Waals surface area contributed by atoms with Crippen molar-refractivity contribution in [3.63, 3.8) is 0 Å². The van der Waals surface area contributed by atoms with Crippen LogP contribution in [0.2, 0.25) is 0 Å². The Labute approximate surface area is 245 Å². The SMILES string of the molecule is C=C(C)CC(=O)N/C=C/C(C)=C\[C@@H](C)[C@H]1C/C(C)=C/C=C/CC[C@H](C(N)=O)[C@@H](O)/C=C/[C@@H](O)CCC/C=C/C(=O)O1. The summed E-state index contributed by atoms with van der Waals surface area (Å²) in [6.07, 6.45) is 18.1. The van der Waals surface area contributed by atoms with Crippen LogP contribution in [0.4, 0.5) is 0 Å². The van der Waals surface area contributed by atoms with Crippen LogP contribution in [0, 0.1) is 11.8 Å². The number of hydrogen-bond donors (Lipinski definition) is 4. The molecule has 8 nitrogen and oxygen atoms in total. The number of carbonyl (C=O) groups excluding carboxylic acids is 3. The minimum Gasteiger partial charge on any atom is -0.458 e. The minimum atomic E-state index is -1.07. The molecule has 0 radical (unpaired) electrons. The van der Waals surface area contributed by atoms with Crippen molar-refractivity contribution >= 4 is 17.8 Å². The Bertz CT molecular complexity index is 1070. The van der Waals surface area contributed by atoms with Gasteiger partial charge in [-0.3, -0.25) is 9.59 Å². The first-order chi connectivity index (χ1) is 19.4. The maximum atomic E-state index is 12.6. The van der Waals surface area contributed by atoms with Gasteiger partial charge >= 0.3 is 5.97 Å². The lowest BCUT2D eigenvalue weighted by Crippen LogP contribution is -2.32. The Hall–Kier alpha value is -3.49. The number of esters is 1. The van der Waals surface area contributed by atoms with E-state index in [9.17, 15) is 24.6 Å². The predicted molar refractivity (Wildman–Crippen MR) is 163 cm³/mol. The van der Waals surface area contributed by atoms with Gasteiger partial charge in [-0.15, -0.1) is 0 Å². The zero-order valence-electron chi connectivity index (χ0n) is 24.9. The fourth-order valence-electron chi connectivity index (χ4n) is 4.26. The number of carbonyl (C=O) groups is 3. The van der Waals surface area contributed by atoms with Crippen LogP contribution in [0.5, 0.6) is 0 Å². The van der Waals surface area contributed by atoms with Gasteiger partial charge in [0.1, 0.15) is 6.10 Å². The van der Waals surface area contributed by atoms with E-state index in [-0.39, 0.29) is 18.2 Å². The summed E-state index contributed by atoms with van der Waals surface area (Å²) < 4.78 is 5.85. The van der Waals surface area contributed by atoms with Crippen LogP contribution < -0.4 is 11.1 Å². The molecule has 0 aromatic heterocycles. The van der Waals surface area contributed by atoms with E-state index in [1.54, 1.807) is 25.3 Å². The van der Waals surface area contributed by atoms with Gasteiger partial charge in [-0.2, -0.15) is 0 Å². The number of rotatable bonds is 7. The summed E-state index contributed by atoms with van der Waals surface area (Å²) in [6, 6.07) is 0. The fourth-order valence-corrected chi connectivity index (χ4v) is 4.26. The highest BCUT2D eigenvalue weighted by molar-refractivity contribution is 5.82. The van der Waals surface area contributed by atoms with Crippen molar-refractivity contribution in [2.24, 2.45) is 17.6 Å². The number of amides is 2. The average Bonchev–Trinajstić information content (AvgIpc) is 2.87. The van der Waals surface area contributed by atoms with Crippen LogP contribution >= 0.6 is 0 Å². The van der Waals surface area contributed by atoms with Crippen LogP contribution in [0.1, 0.15) is 72.6 Å². The predicted octanol–water partition coefficient (Wildman–Crippen LogP) is 4.87. The summed E-state index contributed by atoms with van der Waals surface area (Å²) in [6.45, 7) is 11.4. The smallest absolute Gasteiger partial charge is 0.330 e. The third kappa shape index (κ3) is 16.4. The number of ether oxygens (including phenoxy) is 1. The molecule has 5 N–H and O–H groups in total. The van der Waals surface area contributed by atoms with Crippen LogP contribution in [0.3, 0.4) is 0 Å². The van der Waals surface area contributed by atoms with Gasteiger partial charge in [0.05, 0.1) is 18.1 Å². The second-order valence-corrected chi connectivity index (χ2v) is 10.8. The lowest BCUT2D eigenvalue weighted by atomic mass is 9.94. The Kier molecular flexibility index (Phi) is 17.0. The first kappa shape index (κ1) is 35.5. The molecule has 0 aliphatic carbocycles. The number of cyclic esters (lactones) is 1. The Balaban J connectivity index is 3.07. The molecule has 226 valence electrons. The summed E-state index contributed by atoms with van der Waals surface area (Å²) in [5.41, 5.74) is 8.20. The number of hydrogen-bond acceptors (Lipinski definition) is 6. The summed E-state index contributed by atoms with van der Waals surface area (Å²) >= 11 is 0. The molecule has 0 fully saturated rings. The molecule has 0 saturated heterocycles. The number of nitrogens with one attached hydrogen (secondary N) is 1. The molecule has 41 heavy (non-hydrogen) atoms. The summed E-state index contributed by atoms with van der Waals surface area (Å²) in [5, 5.41) is 23.3. The molecule has 0 aromatic carbocycles. The Morgan fingerprint density at radius 2 is 1.93 bits per heavy atom. The Morgan fingerprint density at radius 1 is 1.20 bits per heavy atom. The van der Waals surface area contributed by atoms with Gasteiger partial charge < -0.3 is 26.0 Å². The molecule has 0 aromatic rings. The molecule has 0 bridgehead atoms. The third-order valence-electron chi connectivity index (χ3n) is 6.55. The molecular weight excluding hydrogens is 520 g/mol. The molecule has 2 amide bonds. The normalized spacial score (nSPS) is 28.4. The van der Waals surface area contributed by atoms with Crippen LogP contribution in [0.15, 0.2) is 84.2 Å². The molecule has 1 aliphatic rings. The quantitative estimate of drug-likeness (QED) is 0.196. The van der Waals surface area contributed by atoms with E-state index >= 15 is 0 Å². The van der Waals surface area contributed by atoms with E-state index in [2.05, 4.69) is 11.9 Å². The number of aliphatic hydroxyl groups excluding tert-OH is 2. The summed E-state index contributed by atoms with van der Waals surface area (Å²) in [5.74, 6) is -2.03. The average molecular weight is 569 g/mol. The molecular formula is C33H48N2O6. The van der Waals surface area contributed by atoms with Crippen LogP contribution in [-0.4, -0.2) is 46.3 Å². The van der Waals surface area contributed by atoms with E-state index < -0.39 is 36.1 Å². The maximum absolute atomic E-state index is 12.6. The van der Waals surface area contributed by atoms with Crippen molar-refractivity contribution < 1.29 is 29.3 Å². The molecule has 1 heterocycles. The molecule has 0 spiro atoms. The van der Waals surface area contributed by atoms with Crippen LogP contribution in [-0.2, 0) is 19.1 Å². The zero-order valence-corrected chi connectivity index (χ0v) is 24.9. The van der Waals surface area contributed by atoms with E-state index in [4.69, 9.17) is 10.5 Å². The number of aliphatic hydroxyl groups is 2. The molecule has 1 aliphatic heterocycles. The summed E-state index contributed by atoms with van der Waals surface area (Å²) in [4.78, 5) is 36.3. The highest BCUT2D eigenvalue weighted by Crippen LogP contribution is 2.21. The summed E-state index contributed by atoms with van der Waals surface area (Å²) in [7, 11) is 0. The fraction of sp³-hybridized carbons (Fsp3) is 0.485. The molecule has 1 rings (SSSR count). The number of nitrogens with two attached hydrogens (primary N) is 1. The van der Waals surface area contributed by atoms with Crippen molar-refractivity contribution in [1.82, 2.24) is 5.32 Å². The second kappa shape index (κ2) is 19.6. The van der Waals surface area contributed by atoms with E-state index in [0.717, 1.165) is 16.7 Å². The van der Waals surface area contributed by atoms with Crippen molar-refractivity contribution in [3.8, 4) is 0 Å². The first-order valence-electron chi connectivity index (χ1n) is 14.2. The topological polar surface area (TPSA) is 139 Å². The van der Waals surface area contributed by atoms with Gasteiger partial charge in [0.25, 0.3) is 0 Å². The number of primary amides is 1. The molecule has 0 saturated carbocycles. The van der Waals surface area contributed by atoms with Gasteiger partial charge in [0.15, 0.2) is 0 Å². The molecule has 8 heteroatoms. The number of allylic oxidation sites excluding steroid dienone is 6. The maximum Gasteiger partial charge on any atom is 0.330 e. The monoisotopic (exact) mass is 568 g/mol. The Morgan fingerprint density at radius 3 is 2.61 bits per heavy atom. The third-order valence-corrected chi connectivity index (χ3v) is 6.55. The van der Waals surface area contributed by atoms with E-state index in [1.165, 1.54) is 18.2 Å². The zero-order chi connectivity index (χ0) is 30.8. The lowest BCUT2D eigenvalue weighted by Gasteiger charge is -2.22. The van der Waals surface area contributed by atoms with Crippen molar-refractivity contribution in [2.45, 2.75) is 91.0 Å². The van der Waals surface area contributed by atoms with Gasteiger partial charge in [0.2, 0.25) is 11.8 Å². The highest BCUT2D eigenvalue weighted by Gasteiger charge is 2.22. The second-order valence-electron chi connectivity index (χ2n) is 10.8. The van der Waals surface area contributed by atoms with Gasteiger partial charge in [-0.05, 0) is 59.0 Å². The standard InChI is InChI=1S/C33H48N2O6/c1-23(2)20-31(38)35-19-18-25(4)21-26(5)30-22-24(3)12-8-6-10-14-28(33(34)40)29(37)17-16-27(36)13-9-7-11-15-32(39)41-30/h6,8,11-12,15-19,21,26-30,36-37H,1,7,9-10,13-14,20,22H2,2-5H3,(H2,34,40)(H,35,38)/b8-6+,15-11+,17-16+,19-18+,24-12+,25-21-/t26-,27+,28+,29+,30-/m1/s1. The molecule has 0 unspecified atom stereocenters. The van der Waals surface area contributed by atoms with E-state index in [0.29, 0.717) is 38.5 Å². The van der Waals surface area contributed by atoms with Gasteiger partial charge in [-0.1, -0.05) is 72.8 Å². The van der Waals surface area contributed by atoms with Gasteiger partial charge in [0, 0.05) is 31.0 Å². The van der Waals surface area contributed by atoms with Gasteiger partial charge in [-0.25, -0.2) is 4.79 Å². The minimum absolute atomic E-state index is 0.118. The largest absolute Gasteiger partial charge is 0.458 e. The van der Waals surface area contributed by atoms with Crippen molar-refractivity contribution in [1.29, 1.82) is 0 Å². The van der Waals surface area contributed by atoms with E-state index in [1.807, 2.05) is 45.1 Å². The van der Waals surface area contributed by atoms with Crippen LogP contribution in [0.25, 0.3) is 0 Å². The highest BCUT2D eigenvalue weighted by atomic mass is 16.5. The molecule has 5 atom stereocenters. The van der Waals surface area contributed by atoms with Crippen molar-refractivity contribution in [2.75, 3.05) is 0 Å².